The molecule has 0 fully saturated rings. The topological polar surface area (TPSA) is 59.3 Å². The first-order valence-corrected chi connectivity index (χ1v) is 8.36. The largest absolute Gasteiger partial charge is 0.433 e. The van der Waals surface area contributed by atoms with Crippen LogP contribution < -0.4 is 10.9 Å². The Hall–Kier alpha value is -2.94. The van der Waals surface area contributed by atoms with Crippen LogP contribution in [-0.2, 0) is 6.18 Å². The molecule has 2 heterocycles. The van der Waals surface area contributed by atoms with Gasteiger partial charge in [-0.15, -0.1) is 0 Å². The molecule has 146 valence electrons. The smallest absolute Gasteiger partial charge is 0.386 e. The van der Waals surface area contributed by atoms with E-state index in [-0.39, 0.29) is 28.1 Å². The van der Waals surface area contributed by atoms with Crippen LogP contribution in [0.25, 0.3) is 16.7 Å². The Balaban J connectivity index is 2.58. The molecular weight excluding hydrogens is 400 g/mol. The van der Waals surface area contributed by atoms with Crippen LogP contribution in [0.5, 0.6) is 0 Å². The summed E-state index contributed by atoms with van der Waals surface area (Å²) in [5.74, 6) is -0.829. The Morgan fingerprint density at radius 1 is 1.25 bits per heavy atom. The second kappa shape index (κ2) is 7.23. The van der Waals surface area contributed by atoms with Crippen molar-refractivity contribution in [3.05, 3.63) is 57.2 Å². The second-order valence-corrected chi connectivity index (χ2v) is 6.02. The van der Waals surface area contributed by atoms with Crippen LogP contribution in [-0.4, -0.2) is 22.8 Å². The van der Waals surface area contributed by atoms with E-state index in [9.17, 15) is 22.4 Å². The van der Waals surface area contributed by atoms with E-state index in [1.165, 1.54) is 31.5 Å². The minimum Gasteiger partial charge on any atom is -0.386 e. The molecule has 3 aromatic rings. The number of halogens is 5. The highest BCUT2D eigenvalue weighted by molar-refractivity contribution is 6.32. The SMILES string of the molecule is CC=Nc1c(NC)c2ccc(C(F)(F)F)nc2n(-c2cccc(F)c2Cl)c1=O. The van der Waals surface area contributed by atoms with Crippen LogP contribution in [0.2, 0.25) is 5.02 Å². The van der Waals surface area contributed by atoms with E-state index >= 15 is 0 Å². The number of nitrogens with zero attached hydrogens (tertiary/aromatic N) is 3. The first kappa shape index (κ1) is 19.8. The first-order chi connectivity index (χ1) is 13.2. The number of alkyl halides is 3. The van der Waals surface area contributed by atoms with E-state index in [1.807, 2.05) is 0 Å². The number of rotatable bonds is 3. The van der Waals surface area contributed by atoms with Crippen LogP contribution in [0.15, 0.2) is 40.1 Å². The van der Waals surface area contributed by atoms with Crippen molar-refractivity contribution in [2.45, 2.75) is 13.1 Å². The van der Waals surface area contributed by atoms with Gasteiger partial charge in [-0.1, -0.05) is 17.7 Å². The lowest BCUT2D eigenvalue weighted by Crippen LogP contribution is -2.22. The maximum absolute atomic E-state index is 14.0. The fraction of sp³-hybridized carbons (Fsp3) is 0.167. The lowest BCUT2D eigenvalue weighted by molar-refractivity contribution is -0.141. The van der Waals surface area contributed by atoms with Crippen LogP contribution in [0.4, 0.5) is 28.9 Å². The third-order valence-corrected chi connectivity index (χ3v) is 4.34. The fourth-order valence-electron chi connectivity index (χ4n) is 2.80. The predicted octanol–water partition coefficient (Wildman–Crippen LogP) is 4.96. The van der Waals surface area contributed by atoms with Gasteiger partial charge in [0.25, 0.3) is 5.56 Å². The third kappa shape index (κ3) is 3.22. The van der Waals surface area contributed by atoms with Gasteiger partial charge in [0.1, 0.15) is 22.2 Å². The van der Waals surface area contributed by atoms with Gasteiger partial charge >= 0.3 is 6.18 Å². The van der Waals surface area contributed by atoms with E-state index in [0.717, 1.165) is 16.7 Å². The standard InChI is InChI=1S/C18H13ClF4N4O/c1-3-25-15-14(24-2)9-7-8-12(18(21,22)23)26-16(9)27(17(15)28)11-6-4-5-10(20)13(11)19/h3-8,24H,1-2H3. The molecule has 0 aliphatic heterocycles. The van der Waals surface area contributed by atoms with Crippen molar-refractivity contribution in [3.8, 4) is 5.69 Å². The molecule has 0 saturated carbocycles. The molecule has 0 bridgehead atoms. The third-order valence-electron chi connectivity index (χ3n) is 3.97. The molecule has 0 atom stereocenters. The summed E-state index contributed by atoms with van der Waals surface area (Å²) in [6.07, 6.45) is -3.38. The van der Waals surface area contributed by atoms with Gasteiger partial charge in [0.2, 0.25) is 0 Å². The van der Waals surface area contributed by atoms with Crippen molar-refractivity contribution < 1.29 is 17.6 Å². The zero-order valence-electron chi connectivity index (χ0n) is 14.6. The average molecular weight is 413 g/mol. The summed E-state index contributed by atoms with van der Waals surface area (Å²) in [5, 5.41) is 2.54. The Bertz CT molecular complexity index is 1160. The number of nitrogens with one attached hydrogen (secondary N) is 1. The van der Waals surface area contributed by atoms with Gasteiger partial charge in [-0.2, -0.15) is 13.2 Å². The summed E-state index contributed by atoms with van der Waals surface area (Å²) in [6.45, 7) is 1.58. The fourth-order valence-corrected chi connectivity index (χ4v) is 3.01. The summed E-state index contributed by atoms with van der Waals surface area (Å²) >= 11 is 5.99. The molecule has 10 heteroatoms. The molecule has 3 rings (SSSR count). The summed E-state index contributed by atoms with van der Waals surface area (Å²) in [7, 11) is 1.50. The van der Waals surface area contributed by atoms with Crippen molar-refractivity contribution in [1.82, 2.24) is 9.55 Å². The van der Waals surface area contributed by atoms with Crippen molar-refractivity contribution in [2.75, 3.05) is 12.4 Å². The first-order valence-electron chi connectivity index (χ1n) is 7.98. The van der Waals surface area contributed by atoms with Gasteiger partial charge in [0.05, 0.1) is 11.4 Å². The number of aliphatic imine (C=N–C) groups is 1. The lowest BCUT2D eigenvalue weighted by atomic mass is 10.1. The molecule has 0 aliphatic rings. The number of hydrogen-bond donors (Lipinski definition) is 1. The van der Waals surface area contributed by atoms with Crippen molar-refractivity contribution >= 4 is 40.2 Å². The summed E-state index contributed by atoms with van der Waals surface area (Å²) < 4.78 is 54.4. The number of benzene rings is 1. The van der Waals surface area contributed by atoms with Crippen LogP contribution in [0.1, 0.15) is 12.6 Å². The maximum Gasteiger partial charge on any atom is 0.433 e. The molecule has 0 spiro atoms. The highest BCUT2D eigenvalue weighted by Crippen LogP contribution is 2.35. The Kier molecular flexibility index (Phi) is 5.12. The average Bonchev–Trinajstić information content (AvgIpc) is 2.64. The summed E-state index contributed by atoms with van der Waals surface area (Å²) in [4.78, 5) is 20.7. The highest BCUT2D eigenvalue weighted by atomic mass is 35.5. The molecule has 1 N–H and O–H groups in total. The second-order valence-electron chi connectivity index (χ2n) is 5.64. The summed E-state index contributed by atoms with van der Waals surface area (Å²) in [5.41, 5.74) is -2.34. The monoisotopic (exact) mass is 412 g/mol. The van der Waals surface area contributed by atoms with E-state index in [4.69, 9.17) is 11.6 Å². The molecule has 0 saturated heterocycles. The molecule has 0 aliphatic carbocycles. The minimum atomic E-state index is -4.74. The van der Waals surface area contributed by atoms with Gasteiger partial charge in [-0.05, 0) is 31.2 Å². The predicted molar refractivity (Wildman–Crippen MR) is 101 cm³/mol. The van der Waals surface area contributed by atoms with E-state index in [2.05, 4.69) is 15.3 Å². The Morgan fingerprint density at radius 2 is 1.96 bits per heavy atom. The normalized spacial score (nSPS) is 12.1. The molecule has 5 nitrogen and oxygen atoms in total. The number of pyridine rings is 2. The van der Waals surface area contributed by atoms with E-state index < -0.39 is 28.3 Å². The van der Waals surface area contributed by atoms with Crippen molar-refractivity contribution in [2.24, 2.45) is 4.99 Å². The minimum absolute atomic E-state index is 0.0700. The molecular formula is C18H13ClF4N4O. The molecule has 0 radical (unpaired) electrons. The maximum atomic E-state index is 14.0. The van der Waals surface area contributed by atoms with Gasteiger partial charge in [-0.3, -0.25) is 14.4 Å². The number of aromatic nitrogens is 2. The van der Waals surface area contributed by atoms with Gasteiger partial charge < -0.3 is 5.32 Å². The molecule has 28 heavy (non-hydrogen) atoms. The highest BCUT2D eigenvalue weighted by Gasteiger charge is 2.33. The Morgan fingerprint density at radius 3 is 2.57 bits per heavy atom. The number of hydrogen-bond acceptors (Lipinski definition) is 4. The molecule has 1 aromatic carbocycles. The zero-order chi connectivity index (χ0) is 20.6. The van der Waals surface area contributed by atoms with Crippen molar-refractivity contribution in [1.29, 1.82) is 0 Å². The van der Waals surface area contributed by atoms with Gasteiger partial charge in [0, 0.05) is 18.6 Å². The number of fused-ring (bicyclic) bond motifs is 1. The van der Waals surface area contributed by atoms with Gasteiger partial charge in [0.15, 0.2) is 5.69 Å². The van der Waals surface area contributed by atoms with Gasteiger partial charge in [-0.25, -0.2) is 9.37 Å². The number of anilines is 1. The quantitative estimate of drug-likeness (QED) is 0.488. The van der Waals surface area contributed by atoms with Crippen LogP contribution in [0, 0.1) is 5.82 Å². The van der Waals surface area contributed by atoms with E-state index in [1.54, 1.807) is 6.92 Å². The van der Waals surface area contributed by atoms with Crippen molar-refractivity contribution in [3.63, 3.8) is 0 Å². The van der Waals surface area contributed by atoms with E-state index in [0.29, 0.717) is 0 Å². The zero-order valence-corrected chi connectivity index (χ0v) is 15.4. The molecule has 0 amide bonds. The Labute approximate surface area is 161 Å². The van der Waals surface area contributed by atoms with Crippen LogP contribution in [0.3, 0.4) is 0 Å². The molecule has 0 unspecified atom stereocenters. The lowest BCUT2D eigenvalue weighted by Gasteiger charge is -2.17. The molecule has 2 aromatic heterocycles. The summed E-state index contributed by atoms with van der Waals surface area (Å²) in [6, 6.07) is 5.64. The van der Waals surface area contributed by atoms with Crippen LogP contribution >= 0.6 is 11.6 Å².